The maximum atomic E-state index is 12.8. The standard InChI is InChI=1S/C14H6Cl4F3NO2/c15-8-2-1-6(3-7(8)14(19,20)21)22-13(23)24-12-5-10(17)9(16)4-11(12)18/h1-5H,(H,22,23). The van der Waals surface area contributed by atoms with Gasteiger partial charge in [-0.1, -0.05) is 46.4 Å². The Hall–Kier alpha value is -1.34. The second-order valence-corrected chi connectivity index (χ2v) is 6.03. The monoisotopic (exact) mass is 417 g/mol. The van der Waals surface area contributed by atoms with Gasteiger partial charge in [0.25, 0.3) is 0 Å². The number of nitrogens with one attached hydrogen (secondary N) is 1. The first-order valence-corrected chi connectivity index (χ1v) is 7.59. The van der Waals surface area contributed by atoms with E-state index < -0.39 is 22.9 Å². The second kappa shape index (κ2) is 7.27. The summed E-state index contributed by atoms with van der Waals surface area (Å²) in [4.78, 5) is 11.8. The summed E-state index contributed by atoms with van der Waals surface area (Å²) in [5.74, 6) is -0.103. The van der Waals surface area contributed by atoms with Crippen molar-refractivity contribution in [3.8, 4) is 5.75 Å². The highest BCUT2D eigenvalue weighted by atomic mass is 35.5. The Morgan fingerprint density at radius 1 is 0.917 bits per heavy atom. The van der Waals surface area contributed by atoms with E-state index in [0.717, 1.165) is 6.07 Å². The van der Waals surface area contributed by atoms with E-state index in [0.29, 0.717) is 6.07 Å². The Kier molecular flexibility index (Phi) is 5.75. The summed E-state index contributed by atoms with van der Waals surface area (Å²) in [5, 5.41) is 1.90. The van der Waals surface area contributed by atoms with Crippen molar-refractivity contribution in [2.24, 2.45) is 0 Å². The molecule has 0 saturated heterocycles. The molecular weight excluding hydrogens is 413 g/mol. The molecule has 1 N–H and O–H groups in total. The molecule has 0 aliphatic rings. The molecule has 0 aliphatic heterocycles. The van der Waals surface area contributed by atoms with Crippen molar-refractivity contribution < 1.29 is 22.7 Å². The summed E-state index contributed by atoms with van der Waals surface area (Å²) in [6.45, 7) is 0. The second-order valence-electron chi connectivity index (χ2n) is 4.40. The molecule has 0 radical (unpaired) electrons. The zero-order valence-electron chi connectivity index (χ0n) is 11.3. The Balaban J connectivity index is 2.18. The Morgan fingerprint density at radius 3 is 2.17 bits per heavy atom. The predicted octanol–water partition coefficient (Wildman–Crippen LogP) is 6.93. The van der Waals surface area contributed by atoms with Crippen LogP contribution in [0, 0.1) is 0 Å². The summed E-state index contributed by atoms with van der Waals surface area (Å²) >= 11 is 22.8. The number of benzene rings is 2. The van der Waals surface area contributed by atoms with E-state index in [2.05, 4.69) is 5.32 Å². The summed E-state index contributed by atoms with van der Waals surface area (Å²) in [6, 6.07) is 5.34. The molecule has 10 heteroatoms. The fraction of sp³-hybridized carbons (Fsp3) is 0.0714. The molecule has 0 bridgehead atoms. The number of carbonyl (C=O) groups excluding carboxylic acids is 1. The van der Waals surface area contributed by atoms with Crippen molar-refractivity contribution in [3.05, 3.63) is 56.0 Å². The molecule has 1 amide bonds. The molecule has 2 aromatic rings. The van der Waals surface area contributed by atoms with Crippen LogP contribution in [0.4, 0.5) is 23.7 Å². The first-order chi connectivity index (χ1) is 11.1. The van der Waals surface area contributed by atoms with Crippen LogP contribution in [0.3, 0.4) is 0 Å². The van der Waals surface area contributed by atoms with Crippen molar-refractivity contribution in [2.45, 2.75) is 6.18 Å². The highest BCUT2D eigenvalue weighted by Gasteiger charge is 2.33. The lowest BCUT2D eigenvalue weighted by Crippen LogP contribution is -2.17. The Bertz CT molecular complexity index is 796. The van der Waals surface area contributed by atoms with Crippen molar-refractivity contribution in [1.29, 1.82) is 0 Å². The van der Waals surface area contributed by atoms with Gasteiger partial charge in [-0.15, -0.1) is 0 Å². The maximum Gasteiger partial charge on any atom is 0.417 e. The molecule has 0 atom stereocenters. The average Bonchev–Trinajstić information content (AvgIpc) is 2.45. The first kappa shape index (κ1) is 19.0. The molecule has 24 heavy (non-hydrogen) atoms. The minimum Gasteiger partial charge on any atom is -0.408 e. The molecule has 3 nitrogen and oxygen atoms in total. The minimum atomic E-state index is -4.66. The number of rotatable bonds is 2. The third-order valence-electron chi connectivity index (χ3n) is 2.70. The highest BCUT2D eigenvalue weighted by Crippen LogP contribution is 2.37. The zero-order chi connectivity index (χ0) is 18.1. The van der Waals surface area contributed by atoms with Crippen LogP contribution in [-0.2, 0) is 6.18 Å². The lowest BCUT2D eigenvalue weighted by Gasteiger charge is -2.12. The molecule has 0 fully saturated rings. The lowest BCUT2D eigenvalue weighted by atomic mass is 10.2. The van der Waals surface area contributed by atoms with E-state index in [9.17, 15) is 18.0 Å². The van der Waals surface area contributed by atoms with E-state index in [1.165, 1.54) is 18.2 Å². The molecule has 0 aromatic heterocycles. The molecule has 2 aromatic carbocycles. The number of hydrogen-bond donors (Lipinski definition) is 1. The van der Waals surface area contributed by atoms with Gasteiger partial charge in [0.05, 0.1) is 25.7 Å². The predicted molar refractivity (Wildman–Crippen MR) is 87.6 cm³/mol. The summed E-state index contributed by atoms with van der Waals surface area (Å²) in [7, 11) is 0. The van der Waals surface area contributed by atoms with E-state index in [4.69, 9.17) is 51.1 Å². The number of alkyl halides is 3. The van der Waals surface area contributed by atoms with Crippen molar-refractivity contribution in [1.82, 2.24) is 0 Å². The maximum absolute atomic E-state index is 12.8. The molecule has 2 rings (SSSR count). The largest absolute Gasteiger partial charge is 0.417 e. The molecule has 0 saturated carbocycles. The summed E-state index contributed by atoms with van der Waals surface area (Å²) in [5.41, 5.74) is -1.25. The quantitative estimate of drug-likeness (QED) is 0.537. The first-order valence-electron chi connectivity index (χ1n) is 6.08. The lowest BCUT2D eigenvalue weighted by molar-refractivity contribution is -0.137. The highest BCUT2D eigenvalue weighted by molar-refractivity contribution is 6.43. The van der Waals surface area contributed by atoms with Gasteiger partial charge < -0.3 is 4.74 Å². The smallest absolute Gasteiger partial charge is 0.408 e. The third kappa shape index (κ3) is 4.60. The fourth-order valence-electron chi connectivity index (χ4n) is 1.65. The molecule has 128 valence electrons. The number of amides is 1. The van der Waals surface area contributed by atoms with E-state index in [1.807, 2.05) is 0 Å². The molecule has 0 heterocycles. The SMILES string of the molecule is O=C(Nc1ccc(Cl)c(C(F)(F)F)c1)Oc1cc(Cl)c(Cl)cc1Cl. The van der Waals surface area contributed by atoms with Crippen molar-refractivity contribution in [2.75, 3.05) is 5.32 Å². The van der Waals surface area contributed by atoms with Crippen LogP contribution in [0.1, 0.15) is 5.56 Å². The van der Waals surface area contributed by atoms with Gasteiger partial charge in [-0.2, -0.15) is 13.2 Å². The van der Waals surface area contributed by atoms with Gasteiger partial charge in [0.15, 0.2) is 5.75 Å². The number of carbonyl (C=O) groups is 1. The van der Waals surface area contributed by atoms with Crippen LogP contribution in [0.5, 0.6) is 5.75 Å². The fourth-order valence-corrected chi connectivity index (χ4v) is 2.45. The Labute approximate surface area is 154 Å². The molecule has 0 aliphatic carbocycles. The van der Waals surface area contributed by atoms with Gasteiger partial charge in [0.1, 0.15) is 0 Å². The van der Waals surface area contributed by atoms with E-state index in [-0.39, 0.29) is 26.5 Å². The van der Waals surface area contributed by atoms with E-state index >= 15 is 0 Å². The number of ether oxygens (including phenoxy) is 1. The van der Waals surface area contributed by atoms with Gasteiger partial charge in [0.2, 0.25) is 0 Å². The van der Waals surface area contributed by atoms with Crippen LogP contribution >= 0.6 is 46.4 Å². The summed E-state index contributed by atoms with van der Waals surface area (Å²) < 4.78 is 43.2. The number of hydrogen-bond acceptors (Lipinski definition) is 2. The van der Waals surface area contributed by atoms with E-state index in [1.54, 1.807) is 0 Å². The van der Waals surface area contributed by atoms with Gasteiger partial charge >= 0.3 is 12.3 Å². The van der Waals surface area contributed by atoms with Crippen LogP contribution in [0.15, 0.2) is 30.3 Å². The van der Waals surface area contributed by atoms with Gasteiger partial charge in [-0.3, -0.25) is 5.32 Å². The number of halogens is 7. The topological polar surface area (TPSA) is 38.3 Å². The van der Waals surface area contributed by atoms with Crippen LogP contribution in [0.25, 0.3) is 0 Å². The van der Waals surface area contributed by atoms with Crippen LogP contribution < -0.4 is 10.1 Å². The average molecular weight is 419 g/mol. The third-order valence-corrected chi connectivity index (χ3v) is 4.04. The van der Waals surface area contributed by atoms with Crippen molar-refractivity contribution >= 4 is 58.2 Å². The zero-order valence-corrected chi connectivity index (χ0v) is 14.4. The Morgan fingerprint density at radius 2 is 1.54 bits per heavy atom. The summed E-state index contributed by atoms with van der Waals surface area (Å²) in [6.07, 6.45) is -5.73. The minimum absolute atomic E-state index is 0.00615. The molecule has 0 spiro atoms. The number of anilines is 1. The van der Waals surface area contributed by atoms with Gasteiger partial charge in [-0.05, 0) is 24.3 Å². The molecular formula is C14H6Cl4F3NO2. The van der Waals surface area contributed by atoms with Gasteiger partial charge in [0, 0.05) is 11.8 Å². The van der Waals surface area contributed by atoms with Crippen molar-refractivity contribution in [3.63, 3.8) is 0 Å². The molecule has 0 unspecified atom stereocenters. The van der Waals surface area contributed by atoms with Crippen LogP contribution in [-0.4, -0.2) is 6.09 Å². The van der Waals surface area contributed by atoms with Crippen LogP contribution in [0.2, 0.25) is 20.1 Å². The normalized spacial score (nSPS) is 11.3. The van der Waals surface area contributed by atoms with Gasteiger partial charge in [-0.25, -0.2) is 4.79 Å².